The predicted octanol–water partition coefficient (Wildman–Crippen LogP) is 16.1. The second kappa shape index (κ2) is 16.1. The summed E-state index contributed by atoms with van der Waals surface area (Å²) in [6, 6.07) is 65.3. The van der Waals surface area contributed by atoms with Crippen molar-refractivity contribution in [2.75, 3.05) is 21.8 Å². The number of nitrogens with zero attached hydrogens (tertiary/aromatic N) is 3. The van der Waals surface area contributed by atoms with E-state index in [9.17, 15) is 0 Å². The van der Waals surface area contributed by atoms with Gasteiger partial charge in [-0.05, 0) is 82.5 Å². The Morgan fingerprint density at radius 2 is 1.05 bits per heavy atom. The quantitative estimate of drug-likeness (QED) is 0.157. The van der Waals surface area contributed by atoms with Gasteiger partial charge < -0.3 is 24.4 Å². The minimum atomic E-state index is -0.0299. The molecule has 0 saturated heterocycles. The van der Waals surface area contributed by atoms with Crippen LogP contribution in [-0.2, 0) is 17.5 Å². The smallest absolute Gasteiger partial charge is 0.129 e. The Kier molecular flexibility index (Phi) is 10.3. The van der Waals surface area contributed by atoms with Gasteiger partial charge in [-0.15, -0.1) is 0 Å². The fraction of sp³-hybridized carbons (Fsp3) is 0.186. The highest BCUT2D eigenvalue weighted by Gasteiger charge is 2.32. The van der Waals surface area contributed by atoms with E-state index in [2.05, 4.69) is 250 Å². The molecular formula is C59H56N4O. The molecule has 9 aromatic rings. The topological polar surface area (TPSA) is 32.7 Å². The van der Waals surface area contributed by atoms with Gasteiger partial charge in [0, 0.05) is 45.4 Å². The third-order valence-corrected chi connectivity index (χ3v) is 12.6. The molecule has 318 valence electrons. The van der Waals surface area contributed by atoms with E-state index in [-0.39, 0.29) is 10.8 Å². The van der Waals surface area contributed by atoms with E-state index in [1.807, 2.05) is 0 Å². The van der Waals surface area contributed by atoms with E-state index in [0.717, 1.165) is 34.1 Å². The molecule has 1 N–H and O–H groups in total. The zero-order valence-corrected chi connectivity index (χ0v) is 38.0. The molecule has 0 amide bonds. The van der Waals surface area contributed by atoms with Crippen LogP contribution in [0.1, 0.15) is 58.2 Å². The molecule has 0 unspecified atom stereocenters. The Balaban J connectivity index is 1.000. The molecule has 10 rings (SSSR count). The van der Waals surface area contributed by atoms with Gasteiger partial charge in [0.1, 0.15) is 18.2 Å². The number of anilines is 5. The van der Waals surface area contributed by atoms with Crippen LogP contribution < -0.4 is 19.9 Å². The van der Waals surface area contributed by atoms with Crippen molar-refractivity contribution >= 4 is 50.2 Å². The molecule has 1 aliphatic heterocycles. The number of para-hydroxylation sites is 4. The van der Waals surface area contributed by atoms with Gasteiger partial charge in [0.2, 0.25) is 0 Å². The van der Waals surface area contributed by atoms with Crippen molar-refractivity contribution in [2.45, 2.75) is 66.0 Å². The third kappa shape index (κ3) is 7.55. The highest BCUT2D eigenvalue weighted by atomic mass is 16.5. The summed E-state index contributed by atoms with van der Waals surface area (Å²) in [6.45, 7) is 17.3. The molecule has 0 aliphatic carbocycles. The van der Waals surface area contributed by atoms with E-state index in [0.29, 0.717) is 13.3 Å². The van der Waals surface area contributed by atoms with E-state index in [1.54, 1.807) is 0 Å². The van der Waals surface area contributed by atoms with E-state index in [4.69, 9.17) is 4.74 Å². The molecule has 0 saturated carbocycles. The van der Waals surface area contributed by atoms with Gasteiger partial charge in [-0.1, -0.05) is 174 Å². The SMILES string of the molecule is Cc1cc(C(C)(C)C)c(NCn2c3ccccc3c3ccc(Oc4cccc(N5CN(c6c(-c7ccccc7)cccc6-c6ccccc6)c6ccccc65)c4)cc32)c(C(C)(C)C)c1. The Bertz CT molecular complexity index is 3060. The van der Waals surface area contributed by atoms with Gasteiger partial charge in [0.25, 0.3) is 0 Å². The number of fused-ring (bicyclic) bond motifs is 4. The predicted molar refractivity (Wildman–Crippen MR) is 271 cm³/mol. The van der Waals surface area contributed by atoms with Crippen molar-refractivity contribution in [1.82, 2.24) is 4.57 Å². The van der Waals surface area contributed by atoms with Crippen LogP contribution in [-0.4, -0.2) is 11.2 Å². The van der Waals surface area contributed by atoms with Crippen molar-refractivity contribution in [1.29, 1.82) is 0 Å². The maximum atomic E-state index is 6.82. The number of ether oxygens (including phenoxy) is 1. The van der Waals surface area contributed by atoms with Gasteiger partial charge in [-0.3, -0.25) is 0 Å². The molecule has 5 heteroatoms. The van der Waals surface area contributed by atoms with Gasteiger partial charge in [0.05, 0.1) is 34.8 Å². The molecule has 1 aliphatic rings. The molecule has 0 spiro atoms. The van der Waals surface area contributed by atoms with Crippen molar-refractivity contribution in [2.24, 2.45) is 0 Å². The van der Waals surface area contributed by atoms with Crippen molar-refractivity contribution in [3.05, 3.63) is 199 Å². The number of rotatable bonds is 9. The van der Waals surface area contributed by atoms with Crippen LogP contribution in [0, 0.1) is 6.92 Å². The first kappa shape index (κ1) is 40.8. The summed E-state index contributed by atoms with van der Waals surface area (Å²) >= 11 is 0. The second-order valence-corrected chi connectivity index (χ2v) is 19.2. The first-order valence-electron chi connectivity index (χ1n) is 22.5. The molecule has 0 atom stereocenters. The number of hydrogen-bond donors (Lipinski definition) is 1. The molecule has 2 heterocycles. The highest BCUT2D eigenvalue weighted by Crippen LogP contribution is 2.50. The summed E-state index contributed by atoms with van der Waals surface area (Å²) in [5.74, 6) is 1.58. The average molecular weight is 837 g/mol. The van der Waals surface area contributed by atoms with Crippen molar-refractivity contribution < 1.29 is 4.74 Å². The van der Waals surface area contributed by atoms with Crippen LogP contribution in [0.4, 0.5) is 28.4 Å². The summed E-state index contributed by atoms with van der Waals surface area (Å²) in [7, 11) is 0. The Morgan fingerprint density at radius 1 is 0.500 bits per heavy atom. The number of aromatic nitrogens is 1. The first-order chi connectivity index (χ1) is 30.9. The second-order valence-electron chi connectivity index (χ2n) is 19.2. The number of hydrogen-bond acceptors (Lipinski definition) is 4. The lowest BCUT2D eigenvalue weighted by molar-refractivity contribution is 0.483. The zero-order valence-electron chi connectivity index (χ0n) is 38.0. The molecule has 0 bridgehead atoms. The summed E-state index contributed by atoms with van der Waals surface area (Å²) in [4.78, 5) is 4.87. The van der Waals surface area contributed by atoms with Crippen molar-refractivity contribution in [3.63, 3.8) is 0 Å². The maximum absolute atomic E-state index is 6.82. The minimum Gasteiger partial charge on any atom is -0.457 e. The van der Waals surface area contributed by atoms with E-state index < -0.39 is 0 Å². The number of benzene rings is 8. The summed E-state index contributed by atoms with van der Waals surface area (Å²) in [6.07, 6.45) is 0. The van der Waals surface area contributed by atoms with Crippen LogP contribution in [0.15, 0.2) is 182 Å². The highest BCUT2D eigenvalue weighted by molar-refractivity contribution is 6.08. The Morgan fingerprint density at radius 3 is 1.69 bits per heavy atom. The average Bonchev–Trinajstić information content (AvgIpc) is 3.84. The lowest BCUT2D eigenvalue weighted by atomic mass is 9.77. The standard InChI is InChI=1S/C59H56N4O/c1-40-34-50(58(2,3)4)56(51(35-40)59(5,6)7)60-38-61-52-29-15-14-26-48(52)49-33-32-45(37-55(49)61)64-44-25-18-24-43(36-44)62-39-63(54-31-17-16-30-53(54)62)57-46(41-20-10-8-11-21-41)27-19-28-47(57)42-22-12-9-13-23-42/h8-37,60H,38-39H2,1-7H3. The molecule has 64 heavy (non-hydrogen) atoms. The van der Waals surface area contributed by atoms with E-state index in [1.165, 1.54) is 66.6 Å². The normalized spacial score (nSPS) is 12.9. The summed E-state index contributed by atoms with van der Waals surface area (Å²) in [5, 5.41) is 6.41. The molecule has 8 aromatic carbocycles. The number of nitrogens with one attached hydrogen (secondary N) is 1. The van der Waals surface area contributed by atoms with Gasteiger partial charge in [-0.25, -0.2) is 0 Å². The lowest BCUT2D eigenvalue weighted by Crippen LogP contribution is -2.24. The third-order valence-electron chi connectivity index (χ3n) is 12.6. The lowest BCUT2D eigenvalue weighted by Gasteiger charge is -2.31. The Labute approximate surface area is 378 Å². The van der Waals surface area contributed by atoms with Gasteiger partial charge in [-0.2, -0.15) is 0 Å². The van der Waals surface area contributed by atoms with Crippen LogP contribution in [0.2, 0.25) is 0 Å². The first-order valence-corrected chi connectivity index (χ1v) is 22.5. The molecule has 0 fully saturated rings. The van der Waals surface area contributed by atoms with Crippen LogP contribution in [0.25, 0.3) is 44.1 Å². The Hall–Kier alpha value is -7.24. The van der Waals surface area contributed by atoms with Crippen molar-refractivity contribution in [3.8, 4) is 33.8 Å². The summed E-state index contributed by atoms with van der Waals surface area (Å²) in [5.41, 5.74) is 16.8. The molecular weight excluding hydrogens is 781 g/mol. The number of aryl methyl sites for hydroxylation is 1. The fourth-order valence-electron chi connectivity index (χ4n) is 9.59. The fourth-order valence-corrected chi connectivity index (χ4v) is 9.59. The molecule has 1 aromatic heterocycles. The maximum Gasteiger partial charge on any atom is 0.129 e. The largest absolute Gasteiger partial charge is 0.457 e. The van der Waals surface area contributed by atoms with Crippen LogP contribution >= 0.6 is 0 Å². The van der Waals surface area contributed by atoms with Crippen LogP contribution in [0.5, 0.6) is 11.5 Å². The summed E-state index contributed by atoms with van der Waals surface area (Å²) < 4.78 is 9.22. The molecule has 0 radical (unpaired) electrons. The molecule has 5 nitrogen and oxygen atoms in total. The van der Waals surface area contributed by atoms with Gasteiger partial charge in [0.15, 0.2) is 0 Å². The van der Waals surface area contributed by atoms with E-state index >= 15 is 0 Å². The van der Waals surface area contributed by atoms with Crippen LogP contribution in [0.3, 0.4) is 0 Å². The monoisotopic (exact) mass is 836 g/mol. The zero-order chi connectivity index (χ0) is 44.2. The minimum absolute atomic E-state index is 0.0299. The van der Waals surface area contributed by atoms with Gasteiger partial charge >= 0.3 is 0 Å².